The van der Waals surface area contributed by atoms with E-state index in [-0.39, 0.29) is 0 Å². The number of nitrogens with zero attached hydrogens (tertiary/aromatic N) is 1. The minimum atomic E-state index is -1.01. The van der Waals surface area contributed by atoms with E-state index < -0.39 is 11.5 Å². The molecule has 1 atom stereocenters. The summed E-state index contributed by atoms with van der Waals surface area (Å²) in [5, 5.41) is 13.9. The summed E-state index contributed by atoms with van der Waals surface area (Å²) in [6.07, 6.45) is 2.11. The molecule has 0 aliphatic heterocycles. The SMILES string of the molecule is CCC(C)(Nc1ccnc2cc(Cl)ccc12)C(=O)O. The van der Waals surface area contributed by atoms with Crippen molar-refractivity contribution in [3.63, 3.8) is 0 Å². The Hall–Kier alpha value is -1.81. The minimum Gasteiger partial charge on any atom is -0.480 e. The van der Waals surface area contributed by atoms with Gasteiger partial charge in [-0.1, -0.05) is 18.5 Å². The summed E-state index contributed by atoms with van der Waals surface area (Å²) < 4.78 is 0. The van der Waals surface area contributed by atoms with Crippen LogP contribution >= 0.6 is 11.6 Å². The number of carbonyl (C=O) groups is 1. The first-order chi connectivity index (χ1) is 8.96. The van der Waals surface area contributed by atoms with Gasteiger partial charge in [0.05, 0.1) is 5.52 Å². The summed E-state index contributed by atoms with van der Waals surface area (Å²) in [6, 6.07) is 7.13. The maximum absolute atomic E-state index is 11.3. The van der Waals surface area contributed by atoms with Crippen LogP contribution in [-0.2, 0) is 4.79 Å². The molecule has 4 nitrogen and oxygen atoms in total. The summed E-state index contributed by atoms with van der Waals surface area (Å²) >= 11 is 5.93. The molecular weight excluding hydrogens is 264 g/mol. The van der Waals surface area contributed by atoms with Crippen LogP contribution in [0.25, 0.3) is 10.9 Å². The van der Waals surface area contributed by atoms with Gasteiger partial charge in [0.15, 0.2) is 0 Å². The Morgan fingerprint density at radius 1 is 1.47 bits per heavy atom. The summed E-state index contributed by atoms with van der Waals surface area (Å²) in [5.74, 6) is -0.881. The van der Waals surface area contributed by atoms with E-state index in [1.807, 2.05) is 13.0 Å². The van der Waals surface area contributed by atoms with Crippen molar-refractivity contribution in [2.24, 2.45) is 0 Å². The van der Waals surface area contributed by atoms with E-state index in [9.17, 15) is 9.90 Å². The lowest BCUT2D eigenvalue weighted by atomic mass is 9.98. The van der Waals surface area contributed by atoms with Crippen molar-refractivity contribution in [3.8, 4) is 0 Å². The molecule has 2 rings (SSSR count). The molecule has 2 aromatic rings. The Morgan fingerprint density at radius 3 is 2.84 bits per heavy atom. The maximum Gasteiger partial charge on any atom is 0.329 e. The van der Waals surface area contributed by atoms with E-state index >= 15 is 0 Å². The molecule has 19 heavy (non-hydrogen) atoms. The predicted molar refractivity (Wildman–Crippen MR) is 76.7 cm³/mol. The fraction of sp³-hybridized carbons (Fsp3) is 0.286. The number of hydrogen-bond acceptors (Lipinski definition) is 3. The molecule has 1 heterocycles. The molecule has 0 aliphatic rings. The smallest absolute Gasteiger partial charge is 0.329 e. The zero-order valence-corrected chi connectivity index (χ0v) is 11.5. The number of nitrogens with one attached hydrogen (secondary N) is 1. The Kier molecular flexibility index (Phi) is 3.62. The third-order valence-electron chi connectivity index (χ3n) is 3.29. The van der Waals surface area contributed by atoms with Crippen LogP contribution in [0, 0.1) is 0 Å². The average Bonchev–Trinajstić information content (AvgIpc) is 2.38. The first kappa shape index (κ1) is 13.6. The lowest BCUT2D eigenvalue weighted by Crippen LogP contribution is -2.42. The topological polar surface area (TPSA) is 62.2 Å². The standard InChI is InChI=1S/C14H15ClN2O2/c1-3-14(2,13(18)19)17-11-6-7-16-12-8-9(15)4-5-10(11)12/h4-8H,3H2,1-2H3,(H,16,17)(H,18,19). The number of halogens is 1. The van der Waals surface area contributed by atoms with E-state index in [2.05, 4.69) is 10.3 Å². The monoisotopic (exact) mass is 278 g/mol. The number of fused-ring (bicyclic) bond motifs is 1. The zero-order valence-electron chi connectivity index (χ0n) is 10.8. The van der Waals surface area contributed by atoms with Crippen LogP contribution < -0.4 is 5.32 Å². The molecule has 0 fully saturated rings. The highest BCUT2D eigenvalue weighted by molar-refractivity contribution is 6.31. The number of carboxylic acid groups (broad SMARTS) is 1. The summed E-state index contributed by atoms with van der Waals surface area (Å²) in [6.45, 7) is 3.50. The van der Waals surface area contributed by atoms with Gasteiger partial charge in [-0.2, -0.15) is 0 Å². The van der Waals surface area contributed by atoms with Crippen LogP contribution in [0.3, 0.4) is 0 Å². The van der Waals surface area contributed by atoms with Gasteiger partial charge in [-0.25, -0.2) is 4.79 Å². The van der Waals surface area contributed by atoms with E-state index in [1.54, 1.807) is 31.3 Å². The minimum absolute atomic E-state index is 0.472. The van der Waals surface area contributed by atoms with Crippen molar-refractivity contribution in [1.82, 2.24) is 4.98 Å². The van der Waals surface area contributed by atoms with Crippen LogP contribution in [0.4, 0.5) is 5.69 Å². The van der Waals surface area contributed by atoms with Crippen molar-refractivity contribution in [1.29, 1.82) is 0 Å². The summed E-state index contributed by atoms with van der Waals surface area (Å²) in [4.78, 5) is 15.6. The number of benzene rings is 1. The number of hydrogen-bond donors (Lipinski definition) is 2. The molecule has 0 saturated heterocycles. The third-order valence-corrected chi connectivity index (χ3v) is 3.53. The van der Waals surface area contributed by atoms with E-state index in [0.29, 0.717) is 11.4 Å². The van der Waals surface area contributed by atoms with Crippen molar-refractivity contribution >= 4 is 34.2 Å². The molecule has 0 bridgehead atoms. The molecule has 0 aliphatic carbocycles. The van der Waals surface area contributed by atoms with Gasteiger partial charge in [0, 0.05) is 22.3 Å². The highest BCUT2D eigenvalue weighted by Crippen LogP contribution is 2.27. The van der Waals surface area contributed by atoms with Gasteiger partial charge in [0.1, 0.15) is 5.54 Å². The number of rotatable bonds is 4. The van der Waals surface area contributed by atoms with Gasteiger partial charge in [-0.3, -0.25) is 4.98 Å². The summed E-state index contributed by atoms with van der Waals surface area (Å²) in [5.41, 5.74) is 0.475. The largest absolute Gasteiger partial charge is 0.480 e. The first-order valence-electron chi connectivity index (χ1n) is 6.02. The van der Waals surface area contributed by atoms with Gasteiger partial charge in [-0.05, 0) is 37.6 Å². The fourth-order valence-corrected chi connectivity index (χ4v) is 1.99. The summed E-state index contributed by atoms with van der Waals surface area (Å²) in [7, 11) is 0. The highest BCUT2D eigenvalue weighted by atomic mass is 35.5. The van der Waals surface area contributed by atoms with Gasteiger partial charge in [0.2, 0.25) is 0 Å². The predicted octanol–water partition coefficient (Wildman–Crippen LogP) is 3.55. The van der Waals surface area contributed by atoms with E-state index in [0.717, 1.165) is 16.6 Å². The average molecular weight is 279 g/mol. The lowest BCUT2D eigenvalue weighted by molar-refractivity contribution is -0.141. The van der Waals surface area contributed by atoms with Gasteiger partial charge >= 0.3 is 5.97 Å². The van der Waals surface area contributed by atoms with Crippen LogP contribution in [0.15, 0.2) is 30.5 Å². The number of carboxylic acids is 1. The second-order valence-electron chi connectivity index (χ2n) is 4.64. The zero-order chi connectivity index (χ0) is 14.0. The van der Waals surface area contributed by atoms with E-state index in [1.165, 1.54) is 0 Å². The van der Waals surface area contributed by atoms with Crippen molar-refractivity contribution < 1.29 is 9.90 Å². The van der Waals surface area contributed by atoms with Gasteiger partial charge < -0.3 is 10.4 Å². The second kappa shape index (κ2) is 5.05. The molecule has 0 spiro atoms. The first-order valence-corrected chi connectivity index (χ1v) is 6.40. The quantitative estimate of drug-likeness (QED) is 0.898. The van der Waals surface area contributed by atoms with Crippen molar-refractivity contribution in [2.75, 3.05) is 5.32 Å². The molecule has 2 N–H and O–H groups in total. The maximum atomic E-state index is 11.3. The molecular formula is C14H15ClN2O2. The number of aliphatic carboxylic acids is 1. The Balaban J connectivity index is 2.49. The molecule has 0 amide bonds. The van der Waals surface area contributed by atoms with Gasteiger partial charge in [0.25, 0.3) is 0 Å². The molecule has 0 saturated carbocycles. The lowest BCUT2D eigenvalue weighted by Gasteiger charge is -2.26. The number of anilines is 1. The third kappa shape index (κ3) is 2.63. The Labute approximate surface area is 116 Å². The van der Waals surface area contributed by atoms with Crippen LogP contribution in [0.2, 0.25) is 5.02 Å². The van der Waals surface area contributed by atoms with Crippen LogP contribution in [0.1, 0.15) is 20.3 Å². The van der Waals surface area contributed by atoms with Crippen molar-refractivity contribution in [3.05, 3.63) is 35.5 Å². The fourth-order valence-electron chi connectivity index (χ4n) is 1.82. The number of aromatic nitrogens is 1. The van der Waals surface area contributed by atoms with Gasteiger partial charge in [-0.15, -0.1) is 0 Å². The molecule has 1 aromatic heterocycles. The molecule has 5 heteroatoms. The van der Waals surface area contributed by atoms with E-state index in [4.69, 9.17) is 11.6 Å². The van der Waals surface area contributed by atoms with Crippen LogP contribution in [-0.4, -0.2) is 21.6 Å². The molecule has 100 valence electrons. The molecule has 1 unspecified atom stereocenters. The Bertz CT molecular complexity index is 630. The Morgan fingerprint density at radius 2 is 2.21 bits per heavy atom. The second-order valence-corrected chi connectivity index (χ2v) is 5.07. The van der Waals surface area contributed by atoms with Crippen molar-refractivity contribution in [2.45, 2.75) is 25.8 Å². The van der Waals surface area contributed by atoms with Crippen LogP contribution in [0.5, 0.6) is 0 Å². The molecule has 0 radical (unpaired) electrons. The normalized spacial score (nSPS) is 14.1. The molecule has 1 aromatic carbocycles. The number of pyridine rings is 1. The highest BCUT2D eigenvalue weighted by Gasteiger charge is 2.31.